The molecule has 0 saturated carbocycles. The average molecular weight is 213 g/mol. The molecule has 3 aromatic rings. The van der Waals surface area contributed by atoms with Gasteiger partial charge in [-0.1, -0.05) is 12.1 Å². The molecule has 0 atom stereocenters. The monoisotopic (exact) mass is 213 g/mol. The Morgan fingerprint density at radius 1 is 1.38 bits per heavy atom. The summed E-state index contributed by atoms with van der Waals surface area (Å²) < 4.78 is 1.89. The van der Waals surface area contributed by atoms with E-state index < -0.39 is 0 Å². The number of hydrogen-bond acceptors (Lipinski definition) is 2. The van der Waals surface area contributed by atoms with Gasteiger partial charge in [0.25, 0.3) is 5.56 Å². The van der Waals surface area contributed by atoms with Crippen LogP contribution in [0.5, 0.6) is 0 Å². The molecule has 3 rings (SSSR count). The first kappa shape index (κ1) is 9.15. The van der Waals surface area contributed by atoms with E-state index in [2.05, 4.69) is 9.97 Å². The van der Waals surface area contributed by atoms with Crippen LogP contribution >= 0.6 is 0 Å². The van der Waals surface area contributed by atoms with Gasteiger partial charge < -0.3 is 9.55 Å². The lowest BCUT2D eigenvalue weighted by atomic mass is 10.1. The van der Waals surface area contributed by atoms with Gasteiger partial charge >= 0.3 is 0 Å². The Bertz CT molecular complexity index is 752. The second-order valence-corrected chi connectivity index (χ2v) is 4.00. The molecule has 0 bridgehead atoms. The van der Waals surface area contributed by atoms with Gasteiger partial charge in [0.2, 0.25) is 0 Å². The molecule has 16 heavy (non-hydrogen) atoms. The van der Waals surface area contributed by atoms with Gasteiger partial charge in [0.05, 0.1) is 17.4 Å². The number of nitrogens with one attached hydrogen (secondary N) is 1. The Balaban J connectivity index is 2.76. The zero-order valence-corrected chi connectivity index (χ0v) is 9.11. The van der Waals surface area contributed by atoms with Crippen LogP contribution in [0.1, 0.15) is 5.56 Å². The highest BCUT2D eigenvalue weighted by molar-refractivity contribution is 6.03. The summed E-state index contributed by atoms with van der Waals surface area (Å²) in [7, 11) is 1.90. The highest BCUT2D eigenvalue weighted by Gasteiger charge is 2.10. The molecule has 0 fully saturated rings. The zero-order chi connectivity index (χ0) is 11.3. The van der Waals surface area contributed by atoms with Crippen molar-refractivity contribution >= 4 is 21.9 Å². The largest absolute Gasteiger partial charge is 0.333 e. The molecule has 1 aromatic carbocycles. The van der Waals surface area contributed by atoms with Crippen molar-refractivity contribution in [2.45, 2.75) is 6.92 Å². The van der Waals surface area contributed by atoms with E-state index in [0.29, 0.717) is 5.52 Å². The number of rotatable bonds is 0. The highest BCUT2D eigenvalue weighted by atomic mass is 16.1. The van der Waals surface area contributed by atoms with Gasteiger partial charge in [0, 0.05) is 12.4 Å². The minimum Gasteiger partial charge on any atom is -0.333 e. The van der Waals surface area contributed by atoms with Gasteiger partial charge in [-0.2, -0.15) is 0 Å². The van der Waals surface area contributed by atoms with E-state index in [4.69, 9.17) is 0 Å². The number of aromatic nitrogens is 3. The van der Waals surface area contributed by atoms with Crippen LogP contribution in [0.25, 0.3) is 21.9 Å². The molecular formula is C12H11N3O. The molecule has 0 spiro atoms. The molecule has 2 aromatic heterocycles. The van der Waals surface area contributed by atoms with Crippen LogP contribution < -0.4 is 5.56 Å². The second-order valence-electron chi connectivity index (χ2n) is 4.00. The third-order valence-electron chi connectivity index (χ3n) is 2.91. The van der Waals surface area contributed by atoms with Crippen molar-refractivity contribution < 1.29 is 0 Å². The van der Waals surface area contributed by atoms with E-state index in [1.165, 1.54) is 0 Å². The fourth-order valence-electron chi connectivity index (χ4n) is 2.16. The van der Waals surface area contributed by atoms with E-state index in [1.807, 2.05) is 36.7 Å². The van der Waals surface area contributed by atoms with Crippen LogP contribution in [0.4, 0.5) is 0 Å². The van der Waals surface area contributed by atoms with Crippen molar-refractivity contribution in [2.24, 2.45) is 7.05 Å². The third kappa shape index (κ3) is 1.04. The summed E-state index contributed by atoms with van der Waals surface area (Å²) in [6.07, 6.45) is 1.67. The number of fused-ring (bicyclic) bond motifs is 3. The lowest BCUT2D eigenvalue weighted by Gasteiger charge is -2.04. The van der Waals surface area contributed by atoms with Crippen LogP contribution in [0.15, 0.2) is 29.3 Å². The lowest BCUT2D eigenvalue weighted by molar-refractivity contribution is 0.950. The molecular weight excluding hydrogens is 202 g/mol. The predicted molar refractivity (Wildman–Crippen MR) is 63.6 cm³/mol. The molecule has 4 nitrogen and oxygen atoms in total. The Morgan fingerprint density at radius 3 is 3.00 bits per heavy atom. The summed E-state index contributed by atoms with van der Waals surface area (Å²) in [5, 5.41) is 1.07. The standard InChI is InChI=1S/C12H11N3O/c1-7-4-3-5-8-9(7)11-10(12(16)14-8)13-6-15(11)2/h3-6H,1-2H3,(H,14,16). The fourth-order valence-corrected chi connectivity index (χ4v) is 2.16. The maximum Gasteiger partial charge on any atom is 0.276 e. The molecule has 0 aliphatic heterocycles. The molecule has 0 radical (unpaired) electrons. The number of aromatic amines is 1. The van der Waals surface area contributed by atoms with Crippen molar-refractivity contribution in [3.05, 3.63) is 40.4 Å². The van der Waals surface area contributed by atoms with Gasteiger partial charge in [-0.05, 0) is 18.6 Å². The molecule has 0 aliphatic rings. The Kier molecular flexibility index (Phi) is 1.68. The first-order chi connectivity index (χ1) is 7.68. The SMILES string of the molecule is Cc1cccc2[nH]c(=O)c3ncn(C)c3c12. The smallest absolute Gasteiger partial charge is 0.276 e. The van der Waals surface area contributed by atoms with Crippen LogP contribution in [-0.2, 0) is 7.05 Å². The van der Waals surface area contributed by atoms with Crippen molar-refractivity contribution in [2.75, 3.05) is 0 Å². The first-order valence-electron chi connectivity index (χ1n) is 5.11. The number of benzene rings is 1. The molecule has 1 N–H and O–H groups in total. The topological polar surface area (TPSA) is 50.7 Å². The second kappa shape index (κ2) is 2.95. The van der Waals surface area contributed by atoms with Crippen LogP contribution in [0, 0.1) is 6.92 Å². The summed E-state index contributed by atoms with van der Waals surface area (Å²) in [5.74, 6) is 0. The summed E-state index contributed by atoms with van der Waals surface area (Å²) in [4.78, 5) is 18.8. The summed E-state index contributed by atoms with van der Waals surface area (Å²) in [6, 6.07) is 5.89. The number of hydrogen-bond donors (Lipinski definition) is 1. The van der Waals surface area contributed by atoms with Gasteiger partial charge in [-0.15, -0.1) is 0 Å². The highest BCUT2D eigenvalue weighted by Crippen LogP contribution is 2.22. The van der Waals surface area contributed by atoms with Crippen LogP contribution in [0.3, 0.4) is 0 Å². The normalized spacial score (nSPS) is 11.4. The Hall–Kier alpha value is -2.10. The molecule has 2 heterocycles. The minimum absolute atomic E-state index is 0.131. The molecule has 0 saturated heterocycles. The van der Waals surface area contributed by atoms with Crippen molar-refractivity contribution in [1.82, 2.24) is 14.5 Å². The molecule has 80 valence electrons. The summed E-state index contributed by atoms with van der Waals surface area (Å²) in [6.45, 7) is 2.03. The van der Waals surface area contributed by atoms with E-state index in [0.717, 1.165) is 22.0 Å². The van der Waals surface area contributed by atoms with E-state index >= 15 is 0 Å². The number of imidazole rings is 1. The summed E-state index contributed by atoms with van der Waals surface area (Å²) in [5.41, 5.74) is 3.28. The third-order valence-corrected chi connectivity index (χ3v) is 2.91. The zero-order valence-electron chi connectivity index (χ0n) is 9.11. The van der Waals surface area contributed by atoms with Crippen LogP contribution in [0.2, 0.25) is 0 Å². The average Bonchev–Trinajstić information content (AvgIpc) is 2.62. The Labute approximate surface area is 91.5 Å². The van der Waals surface area contributed by atoms with Gasteiger partial charge in [0.15, 0.2) is 5.52 Å². The van der Waals surface area contributed by atoms with Crippen molar-refractivity contribution in [3.8, 4) is 0 Å². The lowest BCUT2D eigenvalue weighted by Crippen LogP contribution is -2.07. The van der Waals surface area contributed by atoms with Crippen LogP contribution in [-0.4, -0.2) is 14.5 Å². The quantitative estimate of drug-likeness (QED) is 0.618. The van der Waals surface area contributed by atoms with E-state index in [-0.39, 0.29) is 5.56 Å². The molecule has 0 amide bonds. The number of pyridine rings is 1. The number of aryl methyl sites for hydroxylation is 2. The fraction of sp³-hybridized carbons (Fsp3) is 0.167. The Morgan fingerprint density at radius 2 is 2.19 bits per heavy atom. The summed E-state index contributed by atoms with van der Waals surface area (Å²) >= 11 is 0. The van der Waals surface area contributed by atoms with Gasteiger partial charge in [-0.25, -0.2) is 4.98 Å². The predicted octanol–water partition coefficient (Wildman–Crippen LogP) is 1.72. The number of nitrogens with zero attached hydrogens (tertiary/aromatic N) is 2. The van der Waals surface area contributed by atoms with E-state index in [9.17, 15) is 4.79 Å². The number of H-pyrrole nitrogens is 1. The van der Waals surface area contributed by atoms with Gasteiger partial charge in [0.1, 0.15) is 0 Å². The molecule has 4 heteroatoms. The maximum atomic E-state index is 11.8. The minimum atomic E-state index is -0.131. The van der Waals surface area contributed by atoms with Gasteiger partial charge in [-0.3, -0.25) is 4.79 Å². The maximum absolute atomic E-state index is 11.8. The molecule has 0 aliphatic carbocycles. The van der Waals surface area contributed by atoms with Crippen molar-refractivity contribution in [3.63, 3.8) is 0 Å². The van der Waals surface area contributed by atoms with Crippen molar-refractivity contribution in [1.29, 1.82) is 0 Å². The molecule has 0 unspecified atom stereocenters. The first-order valence-corrected chi connectivity index (χ1v) is 5.11. The van der Waals surface area contributed by atoms with E-state index in [1.54, 1.807) is 6.33 Å².